The highest BCUT2D eigenvalue weighted by molar-refractivity contribution is 5.43. The number of alkyl halides is 5. The Morgan fingerprint density at radius 1 is 1.44 bits per heavy atom. The summed E-state index contributed by atoms with van der Waals surface area (Å²) >= 11 is 0. The quantitative estimate of drug-likeness (QED) is 0.789. The van der Waals surface area contributed by atoms with Crippen molar-refractivity contribution in [3.63, 3.8) is 0 Å². The van der Waals surface area contributed by atoms with Crippen LogP contribution in [0.3, 0.4) is 0 Å². The molecule has 98 valence electrons. The Bertz CT molecular complexity index is 478. The molecule has 1 heterocycles. The molecule has 0 fully saturated rings. The second-order valence-corrected chi connectivity index (χ2v) is 3.21. The number of ether oxygens (including phenoxy) is 1. The van der Waals surface area contributed by atoms with Gasteiger partial charge in [-0.05, 0) is 0 Å². The van der Waals surface area contributed by atoms with Gasteiger partial charge in [0, 0.05) is 17.3 Å². The molecule has 0 bridgehead atoms. The Morgan fingerprint density at radius 2 is 2.06 bits per heavy atom. The first-order valence-corrected chi connectivity index (χ1v) is 4.61. The van der Waals surface area contributed by atoms with Gasteiger partial charge < -0.3 is 4.74 Å². The monoisotopic (exact) mass is 266 g/mol. The number of aromatic nitrogens is 1. The summed E-state index contributed by atoms with van der Waals surface area (Å²) < 4.78 is 67.8. The predicted molar refractivity (Wildman–Crippen MR) is 50.1 cm³/mol. The molecule has 0 saturated heterocycles. The Labute approximate surface area is 98.8 Å². The number of pyridine rings is 1. The van der Waals surface area contributed by atoms with Crippen LogP contribution < -0.4 is 4.74 Å². The highest BCUT2D eigenvalue weighted by Crippen LogP contribution is 2.40. The van der Waals surface area contributed by atoms with Gasteiger partial charge in [-0.1, -0.05) is 0 Å². The summed E-state index contributed by atoms with van der Waals surface area (Å²) in [5.41, 5.74) is -3.34. The summed E-state index contributed by atoms with van der Waals surface area (Å²) in [5, 5.41) is 8.48. The minimum atomic E-state index is -4.96. The predicted octanol–water partition coefficient (Wildman–Crippen LogP) is 3.11. The number of methoxy groups -OCH3 is 1. The summed E-state index contributed by atoms with van der Waals surface area (Å²) in [6, 6.07) is 1.51. The first kappa shape index (κ1) is 14.2. The number of nitrogens with zero attached hydrogens (tertiary/aromatic N) is 2. The van der Waals surface area contributed by atoms with E-state index in [1.807, 2.05) is 0 Å². The largest absolute Gasteiger partial charge is 0.481 e. The molecule has 0 saturated carbocycles. The van der Waals surface area contributed by atoms with E-state index in [9.17, 15) is 22.0 Å². The second kappa shape index (κ2) is 5.16. The lowest BCUT2D eigenvalue weighted by Gasteiger charge is -2.16. The van der Waals surface area contributed by atoms with Crippen LogP contribution in [0.5, 0.6) is 5.88 Å². The molecule has 3 nitrogen and oxygen atoms in total. The first-order chi connectivity index (χ1) is 8.32. The smallest absolute Gasteiger partial charge is 0.418 e. The van der Waals surface area contributed by atoms with Crippen LogP contribution in [0.25, 0.3) is 0 Å². The van der Waals surface area contributed by atoms with Crippen LogP contribution in [0.2, 0.25) is 0 Å². The third kappa shape index (κ3) is 2.67. The normalized spacial score (nSPS) is 11.4. The average molecular weight is 266 g/mol. The van der Waals surface area contributed by atoms with Crippen molar-refractivity contribution in [2.75, 3.05) is 7.11 Å². The Hall–Kier alpha value is -1.91. The van der Waals surface area contributed by atoms with Crippen molar-refractivity contribution in [2.45, 2.75) is 19.0 Å². The van der Waals surface area contributed by atoms with Crippen LogP contribution in [0.4, 0.5) is 22.0 Å². The molecule has 0 aromatic carbocycles. The van der Waals surface area contributed by atoms with Crippen LogP contribution in [0.15, 0.2) is 6.20 Å². The van der Waals surface area contributed by atoms with Gasteiger partial charge in [0.05, 0.1) is 25.2 Å². The van der Waals surface area contributed by atoms with E-state index in [4.69, 9.17) is 5.26 Å². The first-order valence-electron chi connectivity index (χ1n) is 4.61. The summed E-state index contributed by atoms with van der Waals surface area (Å²) in [4.78, 5) is 3.30. The molecule has 0 aliphatic rings. The van der Waals surface area contributed by atoms with E-state index in [0.29, 0.717) is 0 Å². The van der Waals surface area contributed by atoms with Crippen LogP contribution in [0.1, 0.15) is 23.1 Å². The maximum atomic E-state index is 12.8. The SMILES string of the molecule is COc1ncc(C(F)(F)F)c(C(F)F)c1CC#N. The van der Waals surface area contributed by atoms with Crippen LogP contribution >= 0.6 is 0 Å². The van der Waals surface area contributed by atoms with E-state index in [0.717, 1.165) is 7.11 Å². The fourth-order valence-corrected chi connectivity index (χ4v) is 1.45. The summed E-state index contributed by atoms with van der Waals surface area (Å²) in [5.74, 6) is -0.403. The van der Waals surface area contributed by atoms with Gasteiger partial charge in [-0.2, -0.15) is 18.4 Å². The van der Waals surface area contributed by atoms with E-state index in [1.165, 1.54) is 6.07 Å². The molecule has 1 rings (SSSR count). The molecule has 0 amide bonds. The molecule has 18 heavy (non-hydrogen) atoms. The van der Waals surface area contributed by atoms with Crippen molar-refractivity contribution in [2.24, 2.45) is 0 Å². The molecule has 8 heteroatoms. The number of halogens is 5. The van der Waals surface area contributed by atoms with Gasteiger partial charge in [-0.25, -0.2) is 13.8 Å². The highest BCUT2D eigenvalue weighted by Gasteiger charge is 2.38. The number of rotatable bonds is 3. The minimum absolute atomic E-state index is 0.279. The number of hydrogen-bond donors (Lipinski definition) is 0. The van der Waals surface area contributed by atoms with Crippen LogP contribution in [0, 0.1) is 11.3 Å². The highest BCUT2D eigenvalue weighted by atomic mass is 19.4. The molecular formula is C10H7F5N2O. The third-order valence-corrected chi connectivity index (χ3v) is 2.16. The van der Waals surface area contributed by atoms with Gasteiger partial charge >= 0.3 is 6.18 Å². The summed E-state index contributed by atoms with van der Waals surface area (Å²) in [6.07, 6.45) is -8.70. The lowest BCUT2D eigenvalue weighted by molar-refractivity contribution is -0.139. The molecular weight excluding hydrogens is 259 g/mol. The van der Waals surface area contributed by atoms with Crippen molar-refractivity contribution < 1.29 is 26.7 Å². The lowest BCUT2D eigenvalue weighted by Crippen LogP contribution is -2.14. The zero-order chi connectivity index (χ0) is 13.9. The molecule has 0 aliphatic heterocycles. The molecule has 0 aliphatic carbocycles. The van der Waals surface area contributed by atoms with Crippen molar-refractivity contribution in [1.82, 2.24) is 4.98 Å². The van der Waals surface area contributed by atoms with Gasteiger partial charge in [0.1, 0.15) is 0 Å². The number of hydrogen-bond acceptors (Lipinski definition) is 3. The Balaban J connectivity index is 3.58. The van der Waals surface area contributed by atoms with E-state index < -0.39 is 41.6 Å². The second-order valence-electron chi connectivity index (χ2n) is 3.21. The summed E-state index contributed by atoms with van der Waals surface area (Å²) in [7, 11) is 1.08. The van der Waals surface area contributed by atoms with E-state index >= 15 is 0 Å². The third-order valence-electron chi connectivity index (χ3n) is 2.16. The fraction of sp³-hybridized carbons (Fsp3) is 0.400. The molecule has 0 N–H and O–H groups in total. The van der Waals surface area contributed by atoms with Gasteiger partial charge in [-0.3, -0.25) is 0 Å². The molecule has 0 radical (unpaired) electrons. The number of nitriles is 1. The molecule has 1 aromatic rings. The van der Waals surface area contributed by atoms with Gasteiger partial charge in [0.2, 0.25) is 5.88 Å². The van der Waals surface area contributed by atoms with Crippen molar-refractivity contribution in [3.8, 4) is 11.9 Å². The standard InChI is InChI=1S/C10H7F5N2O/c1-18-9-5(2-3-16)7(8(11)12)6(4-17-9)10(13,14)15/h4,8H,2H2,1H3. The molecule has 0 unspecified atom stereocenters. The summed E-state index contributed by atoms with van der Waals surface area (Å²) in [6.45, 7) is 0. The molecule has 0 atom stereocenters. The maximum Gasteiger partial charge on any atom is 0.418 e. The average Bonchev–Trinajstić information content (AvgIpc) is 2.27. The fourth-order valence-electron chi connectivity index (χ4n) is 1.45. The topological polar surface area (TPSA) is 45.9 Å². The van der Waals surface area contributed by atoms with Gasteiger partial charge in [-0.15, -0.1) is 0 Å². The zero-order valence-corrected chi connectivity index (χ0v) is 9.05. The maximum absolute atomic E-state index is 12.8. The van der Waals surface area contributed by atoms with E-state index in [1.54, 1.807) is 0 Å². The minimum Gasteiger partial charge on any atom is -0.481 e. The van der Waals surface area contributed by atoms with Gasteiger partial charge in [0.25, 0.3) is 6.43 Å². The van der Waals surface area contributed by atoms with Crippen LogP contribution in [-0.4, -0.2) is 12.1 Å². The van der Waals surface area contributed by atoms with E-state index in [-0.39, 0.29) is 6.20 Å². The van der Waals surface area contributed by atoms with E-state index in [2.05, 4.69) is 9.72 Å². The Morgan fingerprint density at radius 3 is 2.44 bits per heavy atom. The molecule has 0 spiro atoms. The van der Waals surface area contributed by atoms with Crippen molar-refractivity contribution in [3.05, 3.63) is 22.9 Å². The van der Waals surface area contributed by atoms with Gasteiger partial charge in [0.15, 0.2) is 0 Å². The zero-order valence-electron chi connectivity index (χ0n) is 9.05. The molecule has 1 aromatic heterocycles. The van der Waals surface area contributed by atoms with Crippen molar-refractivity contribution >= 4 is 0 Å². The Kier molecular flexibility index (Phi) is 4.06. The van der Waals surface area contributed by atoms with Crippen LogP contribution in [-0.2, 0) is 12.6 Å². The lowest BCUT2D eigenvalue weighted by atomic mass is 10.0. The van der Waals surface area contributed by atoms with Crippen molar-refractivity contribution in [1.29, 1.82) is 5.26 Å².